The lowest BCUT2D eigenvalue weighted by Crippen LogP contribution is -2.29. The first-order valence-corrected chi connectivity index (χ1v) is 37.1. The third-order valence-electron chi connectivity index (χ3n) is 24.1. The highest BCUT2D eigenvalue weighted by Crippen LogP contribution is 2.64. The first-order valence-electron chi connectivity index (χ1n) is 37.1. The topological polar surface area (TPSA) is 32.8 Å². The van der Waals surface area contributed by atoms with Crippen molar-refractivity contribution in [3.63, 3.8) is 0 Å². The van der Waals surface area contributed by atoms with Crippen LogP contribution < -0.4 is 9.80 Å². The van der Waals surface area contributed by atoms with Crippen LogP contribution >= 0.6 is 0 Å². The van der Waals surface area contributed by atoms with Crippen molar-refractivity contribution in [1.82, 2.24) is 0 Å². The van der Waals surface area contributed by atoms with Gasteiger partial charge in [0.05, 0.1) is 28.2 Å². The number of anilines is 6. The van der Waals surface area contributed by atoms with Gasteiger partial charge in [-0.05, 0) is 190 Å². The van der Waals surface area contributed by atoms with Crippen LogP contribution in [0.2, 0.25) is 0 Å². The van der Waals surface area contributed by atoms with Crippen LogP contribution in [-0.4, -0.2) is 0 Å². The molecule has 4 heteroatoms. The van der Waals surface area contributed by atoms with Gasteiger partial charge in [-0.2, -0.15) is 0 Å². The van der Waals surface area contributed by atoms with Crippen molar-refractivity contribution < 1.29 is 8.83 Å². The van der Waals surface area contributed by atoms with Crippen LogP contribution in [0.15, 0.2) is 251 Å². The van der Waals surface area contributed by atoms with E-state index in [1.807, 2.05) is 0 Å². The van der Waals surface area contributed by atoms with E-state index in [1.54, 1.807) is 0 Å². The monoisotopic (exact) mass is 1260 g/mol. The summed E-state index contributed by atoms with van der Waals surface area (Å²) in [5.74, 6) is 2.13. The molecule has 0 radical (unpaired) electrons. The van der Waals surface area contributed by atoms with Gasteiger partial charge in [-0.3, -0.25) is 0 Å². The Morgan fingerprint density at radius 1 is 0.258 bits per heavy atom. The maximum atomic E-state index is 7.56. The number of nitrogens with zero attached hydrogens (tertiary/aromatic N) is 2. The number of para-hydroxylation sites is 4. The Hall–Kier alpha value is -9.64. The van der Waals surface area contributed by atoms with Crippen LogP contribution in [0.25, 0.3) is 76.5 Å². The number of hydrogen-bond donors (Lipinski definition) is 0. The highest BCUT2D eigenvalue weighted by molar-refractivity contribution is 6.20. The first kappa shape index (κ1) is 58.7. The van der Waals surface area contributed by atoms with Gasteiger partial charge >= 0.3 is 0 Å². The second-order valence-corrected chi connectivity index (χ2v) is 29.4. The highest BCUT2D eigenvalue weighted by Gasteiger charge is 2.49. The average Bonchev–Trinajstić information content (AvgIpc) is 1.52. The zero-order valence-electron chi connectivity index (χ0n) is 55.8. The summed E-state index contributed by atoms with van der Waals surface area (Å²) < 4.78 is 15.1. The lowest BCUT2D eigenvalue weighted by Gasteiger charge is -2.36. The molecule has 2 heterocycles. The van der Waals surface area contributed by atoms with Crippen LogP contribution in [0.4, 0.5) is 34.1 Å². The molecule has 0 bridgehead atoms. The van der Waals surface area contributed by atoms with E-state index in [0.717, 1.165) is 67.2 Å². The molecule has 5 aliphatic rings. The van der Waals surface area contributed by atoms with E-state index in [4.69, 9.17) is 8.83 Å². The Bertz CT molecular complexity index is 4930. The minimum atomic E-state index is -0.821. The standard InChI is InChI=1S/C93H84N2O2/c1-7-27-61(28-8-1)63-51-55-69(56-52-63)94(83-49-25-47-79-77-45-23-43-71(89(77)96-91(79)83)65-31-11-3-12-32-65)85-59-81-87(75-41-21-19-39-73(75)85)88-76-42-22-20-40-74(76)86(60-82(88)93(81,67-35-15-5-16-36-67)68-37-17-6-18-38-68)95(70-57-53-64(54-58-70)62-29-9-2-10-30-62)84-50-26-48-80-78-46-24-44-72(90(78)97-92(80)84)66-33-13-4-14-34-66/h5-6,15-26,35-62,65-66H,1-4,7-14,27-34H2. The zero-order valence-corrected chi connectivity index (χ0v) is 55.8. The van der Waals surface area contributed by atoms with Crippen LogP contribution in [0.5, 0.6) is 0 Å². The van der Waals surface area contributed by atoms with Crippen LogP contribution in [-0.2, 0) is 5.41 Å². The molecule has 19 rings (SSSR count). The van der Waals surface area contributed by atoms with Gasteiger partial charge in [0.25, 0.3) is 0 Å². The fourth-order valence-corrected chi connectivity index (χ4v) is 19.5. The predicted octanol–water partition coefficient (Wildman–Crippen LogP) is 27.3. The van der Waals surface area contributed by atoms with Gasteiger partial charge in [-0.25, -0.2) is 0 Å². The van der Waals surface area contributed by atoms with Gasteiger partial charge in [0.1, 0.15) is 11.2 Å². The van der Waals surface area contributed by atoms with E-state index in [2.05, 4.69) is 252 Å². The quantitative estimate of drug-likeness (QED) is 0.122. The largest absolute Gasteiger partial charge is 0.454 e. The second-order valence-electron chi connectivity index (χ2n) is 29.4. The van der Waals surface area contributed by atoms with E-state index >= 15 is 0 Å². The summed E-state index contributed by atoms with van der Waals surface area (Å²) in [6.45, 7) is 0. The van der Waals surface area contributed by atoms with Crippen molar-refractivity contribution in [3.8, 4) is 11.1 Å². The minimum Gasteiger partial charge on any atom is -0.454 e. The summed E-state index contributed by atoms with van der Waals surface area (Å²) in [4.78, 5) is 5.16. The molecule has 0 saturated heterocycles. The molecule has 12 aromatic carbocycles. The molecule has 2 aromatic heterocycles. The molecule has 0 atom stereocenters. The highest BCUT2D eigenvalue weighted by atomic mass is 16.3. The molecule has 4 saturated carbocycles. The molecule has 4 nitrogen and oxygen atoms in total. The fraction of sp³-hybridized carbons (Fsp3) is 0.269. The van der Waals surface area contributed by atoms with Crippen molar-refractivity contribution in [1.29, 1.82) is 0 Å². The summed E-state index contributed by atoms with van der Waals surface area (Å²) >= 11 is 0. The maximum Gasteiger partial charge on any atom is 0.159 e. The molecule has 0 amide bonds. The van der Waals surface area contributed by atoms with Crippen molar-refractivity contribution in [2.45, 2.75) is 158 Å². The van der Waals surface area contributed by atoms with Gasteiger partial charge in [-0.1, -0.05) is 271 Å². The Morgan fingerprint density at radius 2 is 0.577 bits per heavy atom. The molecule has 0 N–H and O–H groups in total. The van der Waals surface area contributed by atoms with Gasteiger partial charge in [-0.15, -0.1) is 0 Å². The normalized spacial score (nSPS) is 17.2. The van der Waals surface area contributed by atoms with Crippen LogP contribution in [0.1, 0.15) is 197 Å². The number of hydrogen-bond acceptors (Lipinski definition) is 4. The minimum absolute atomic E-state index is 0.491. The van der Waals surface area contributed by atoms with Crippen molar-refractivity contribution in [2.24, 2.45) is 0 Å². The molecule has 5 aliphatic carbocycles. The first-order chi connectivity index (χ1) is 48.2. The van der Waals surface area contributed by atoms with Crippen molar-refractivity contribution in [3.05, 3.63) is 287 Å². The predicted molar refractivity (Wildman–Crippen MR) is 406 cm³/mol. The number of fused-ring (bicyclic) bond motifs is 13. The molecular formula is C93H84N2O2. The smallest absolute Gasteiger partial charge is 0.159 e. The third kappa shape index (κ3) is 9.65. The maximum absolute atomic E-state index is 7.56. The van der Waals surface area contributed by atoms with E-state index in [9.17, 15) is 0 Å². The summed E-state index contributed by atoms with van der Waals surface area (Å²) in [6, 6.07) is 94.1. The number of benzene rings is 12. The van der Waals surface area contributed by atoms with Gasteiger partial charge in [0, 0.05) is 43.7 Å². The third-order valence-corrected chi connectivity index (χ3v) is 24.1. The van der Waals surface area contributed by atoms with E-state index in [-0.39, 0.29) is 0 Å². The lowest BCUT2D eigenvalue weighted by atomic mass is 9.67. The van der Waals surface area contributed by atoms with Gasteiger partial charge < -0.3 is 18.6 Å². The molecule has 4 fully saturated rings. The van der Waals surface area contributed by atoms with Gasteiger partial charge in [0.2, 0.25) is 0 Å². The van der Waals surface area contributed by atoms with E-state index in [1.165, 1.54) is 216 Å². The SMILES string of the molecule is c1ccc(C2(c3ccccc3)c3cc(N(c4ccc(C5CCCCC5)cc4)c4cccc5c4oc4c(C6CCCCC6)cccc45)c4ccccc4c3-c3c2cc(N(c2ccc(C4CCCCC4)cc2)c2cccc4c2oc2c(C5CCCCC5)cccc24)c2ccccc32)cc1. The Labute approximate surface area is 570 Å². The van der Waals surface area contributed by atoms with E-state index in [0.29, 0.717) is 23.7 Å². The molecule has 97 heavy (non-hydrogen) atoms. The second kappa shape index (κ2) is 24.5. The van der Waals surface area contributed by atoms with Gasteiger partial charge in [0.15, 0.2) is 11.2 Å². The Balaban J connectivity index is 0.896. The fourth-order valence-electron chi connectivity index (χ4n) is 19.5. The van der Waals surface area contributed by atoms with Crippen LogP contribution in [0, 0.1) is 0 Å². The average molecular weight is 1260 g/mol. The molecule has 0 unspecified atom stereocenters. The van der Waals surface area contributed by atoms with E-state index < -0.39 is 5.41 Å². The molecule has 14 aromatic rings. The summed E-state index contributed by atoms with van der Waals surface area (Å²) in [6.07, 6.45) is 25.4. The zero-order chi connectivity index (χ0) is 64.0. The lowest BCUT2D eigenvalue weighted by molar-refractivity contribution is 0.442. The molecule has 0 aliphatic heterocycles. The van der Waals surface area contributed by atoms with Crippen molar-refractivity contribution >= 4 is 99.5 Å². The Kier molecular flexibility index (Phi) is 14.8. The summed E-state index contributed by atoms with van der Waals surface area (Å²) in [5.41, 5.74) is 22.8. The molecular weight excluding hydrogens is 1180 g/mol. The van der Waals surface area contributed by atoms with Crippen LogP contribution in [0.3, 0.4) is 0 Å². The molecule has 478 valence electrons. The molecule has 0 spiro atoms. The summed E-state index contributed by atoms with van der Waals surface area (Å²) in [7, 11) is 0. The Morgan fingerprint density at radius 3 is 0.959 bits per heavy atom. The summed E-state index contributed by atoms with van der Waals surface area (Å²) in [5, 5.41) is 9.54. The van der Waals surface area contributed by atoms with Crippen molar-refractivity contribution in [2.75, 3.05) is 9.80 Å². The number of furan rings is 2. The number of rotatable bonds is 12.